The van der Waals surface area contributed by atoms with Gasteiger partial charge in [0.05, 0.1) is 19.8 Å². The molecule has 0 radical (unpaired) electrons. The van der Waals surface area contributed by atoms with Gasteiger partial charge in [-0.2, -0.15) is 0 Å². The fraction of sp³-hybridized carbons (Fsp3) is 0.308. The number of ether oxygens (including phenoxy) is 3. The Bertz CT molecular complexity index is 423. The smallest absolute Gasteiger partial charge is 0.338 e. The van der Waals surface area contributed by atoms with Crippen molar-refractivity contribution in [1.29, 1.82) is 0 Å². The summed E-state index contributed by atoms with van der Waals surface area (Å²) in [6.45, 7) is 5.67. The van der Waals surface area contributed by atoms with Crippen LogP contribution < -0.4 is 9.47 Å². The van der Waals surface area contributed by atoms with Crippen LogP contribution in [0, 0.1) is 0 Å². The van der Waals surface area contributed by atoms with Gasteiger partial charge in [-0.3, -0.25) is 0 Å². The zero-order valence-corrected chi connectivity index (χ0v) is 10.3. The zero-order valence-electron chi connectivity index (χ0n) is 10.3. The van der Waals surface area contributed by atoms with Gasteiger partial charge in [-0.05, 0) is 30.7 Å². The fourth-order valence-corrected chi connectivity index (χ4v) is 1.24. The van der Waals surface area contributed by atoms with Gasteiger partial charge in [0.1, 0.15) is 6.61 Å². The molecule has 0 amide bonds. The number of hydrogen-bond acceptors (Lipinski definition) is 4. The summed E-state index contributed by atoms with van der Waals surface area (Å²) in [5.41, 5.74) is 1.21. The molecule has 0 heterocycles. The lowest BCUT2D eigenvalue weighted by molar-refractivity contribution is 0.0540. The Morgan fingerprint density at radius 2 is 1.88 bits per heavy atom. The molecule has 0 saturated heterocycles. The number of methoxy groups -OCH3 is 2. The van der Waals surface area contributed by atoms with E-state index in [9.17, 15) is 4.79 Å². The Morgan fingerprint density at radius 1 is 1.24 bits per heavy atom. The van der Waals surface area contributed by atoms with E-state index in [2.05, 4.69) is 6.58 Å². The third kappa shape index (κ3) is 3.52. The quantitative estimate of drug-likeness (QED) is 0.582. The number of rotatable bonds is 5. The largest absolute Gasteiger partial charge is 0.493 e. The molecule has 0 aliphatic heterocycles. The van der Waals surface area contributed by atoms with E-state index in [1.807, 2.05) is 0 Å². The minimum Gasteiger partial charge on any atom is -0.493 e. The molecule has 0 atom stereocenters. The summed E-state index contributed by atoms with van der Waals surface area (Å²) in [4.78, 5) is 11.7. The van der Waals surface area contributed by atoms with Crippen molar-refractivity contribution in [3.05, 3.63) is 35.9 Å². The fourth-order valence-electron chi connectivity index (χ4n) is 1.24. The molecular weight excluding hydrogens is 220 g/mol. The van der Waals surface area contributed by atoms with Crippen LogP contribution >= 0.6 is 0 Å². The monoisotopic (exact) mass is 236 g/mol. The SMILES string of the molecule is C=C(C)COC(=O)c1ccc(OC)c(OC)c1. The van der Waals surface area contributed by atoms with Crippen LogP contribution in [0.2, 0.25) is 0 Å². The van der Waals surface area contributed by atoms with Gasteiger partial charge in [0.25, 0.3) is 0 Å². The third-order valence-corrected chi connectivity index (χ3v) is 2.07. The minimum absolute atomic E-state index is 0.215. The van der Waals surface area contributed by atoms with Crippen molar-refractivity contribution in [3.8, 4) is 11.5 Å². The lowest BCUT2D eigenvalue weighted by Crippen LogP contribution is -2.07. The maximum atomic E-state index is 11.7. The molecule has 1 aromatic rings. The van der Waals surface area contributed by atoms with E-state index < -0.39 is 5.97 Å². The van der Waals surface area contributed by atoms with Crippen molar-refractivity contribution in [3.63, 3.8) is 0 Å². The first-order valence-corrected chi connectivity index (χ1v) is 5.12. The Hall–Kier alpha value is -1.97. The van der Waals surface area contributed by atoms with E-state index >= 15 is 0 Å². The molecule has 4 nitrogen and oxygen atoms in total. The van der Waals surface area contributed by atoms with E-state index in [0.29, 0.717) is 17.1 Å². The summed E-state index contributed by atoms with van der Waals surface area (Å²) in [5, 5.41) is 0. The Kier molecular flexibility index (Phi) is 4.57. The summed E-state index contributed by atoms with van der Waals surface area (Å²) in [7, 11) is 3.05. The van der Waals surface area contributed by atoms with Crippen LogP contribution in [0.25, 0.3) is 0 Å². The second-order valence-corrected chi connectivity index (χ2v) is 3.60. The van der Waals surface area contributed by atoms with Crippen molar-refractivity contribution in [2.45, 2.75) is 6.92 Å². The summed E-state index contributed by atoms with van der Waals surface area (Å²) in [6.07, 6.45) is 0. The second-order valence-electron chi connectivity index (χ2n) is 3.60. The normalized spacial score (nSPS) is 9.59. The van der Waals surface area contributed by atoms with E-state index in [4.69, 9.17) is 14.2 Å². The summed E-state index contributed by atoms with van der Waals surface area (Å²) in [5.74, 6) is 0.662. The predicted octanol–water partition coefficient (Wildman–Crippen LogP) is 2.44. The Labute approximate surface area is 101 Å². The molecule has 0 aliphatic carbocycles. The van der Waals surface area contributed by atoms with Crippen LogP contribution in [0.1, 0.15) is 17.3 Å². The second kappa shape index (κ2) is 5.94. The van der Waals surface area contributed by atoms with Crippen LogP contribution in [0.3, 0.4) is 0 Å². The highest BCUT2D eigenvalue weighted by Crippen LogP contribution is 2.27. The molecule has 0 fully saturated rings. The molecule has 1 rings (SSSR count). The molecular formula is C13H16O4. The molecule has 92 valence electrons. The average molecular weight is 236 g/mol. The third-order valence-electron chi connectivity index (χ3n) is 2.07. The van der Waals surface area contributed by atoms with Crippen LogP contribution in [0.4, 0.5) is 0 Å². The molecule has 0 saturated carbocycles. The topological polar surface area (TPSA) is 44.8 Å². The Balaban J connectivity index is 2.84. The van der Waals surface area contributed by atoms with Crippen molar-refractivity contribution in [2.24, 2.45) is 0 Å². The van der Waals surface area contributed by atoms with Gasteiger partial charge in [0.15, 0.2) is 11.5 Å². The van der Waals surface area contributed by atoms with Crippen molar-refractivity contribution in [1.82, 2.24) is 0 Å². The van der Waals surface area contributed by atoms with Crippen LogP contribution in [0.5, 0.6) is 11.5 Å². The van der Waals surface area contributed by atoms with Crippen molar-refractivity contribution < 1.29 is 19.0 Å². The van der Waals surface area contributed by atoms with Crippen molar-refractivity contribution in [2.75, 3.05) is 20.8 Å². The molecule has 1 aromatic carbocycles. The van der Waals surface area contributed by atoms with Gasteiger partial charge in [0, 0.05) is 0 Å². The maximum Gasteiger partial charge on any atom is 0.338 e. The van der Waals surface area contributed by atoms with Gasteiger partial charge < -0.3 is 14.2 Å². The van der Waals surface area contributed by atoms with Crippen LogP contribution in [-0.4, -0.2) is 26.8 Å². The number of esters is 1. The molecule has 0 N–H and O–H groups in total. The highest BCUT2D eigenvalue weighted by Gasteiger charge is 2.11. The molecule has 0 aliphatic rings. The maximum absolute atomic E-state index is 11.7. The lowest BCUT2D eigenvalue weighted by Gasteiger charge is -2.09. The van der Waals surface area contributed by atoms with Crippen molar-refractivity contribution >= 4 is 5.97 Å². The number of carbonyl (C=O) groups excluding carboxylic acids is 1. The van der Waals surface area contributed by atoms with Gasteiger partial charge in [-0.25, -0.2) is 4.79 Å². The first-order chi connectivity index (χ1) is 8.08. The highest BCUT2D eigenvalue weighted by molar-refractivity contribution is 5.90. The summed E-state index contributed by atoms with van der Waals surface area (Å²) >= 11 is 0. The van der Waals surface area contributed by atoms with E-state index in [1.165, 1.54) is 14.2 Å². The standard InChI is InChI=1S/C13H16O4/c1-9(2)8-17-13(14)10-5-6-11(15-3)12(7-10)16-4/h5-7H,1,8H2,2-4H3. The van der Waals surface area contributed by atoms with Crippen LogP contribution in [-0.2, 0) is 4.74 Å². The molecule has 0 aromatic heterocycles. The van der Waals surface area contributed by atoms with E-state index in [-0.39, 0.29) is 6.61 Å². The predicted molar refractivity (Wildman–Crippen MR) is 64.6 cm³/mol. The molecule has 0 bridgehead atoms. The first kappa shape index (κ1) is 13.1. The van der Waals surface area contributed by atoms with Gasteiger partial charge in [-0.1, -0.05) is 6.58 Å². The van der Waals surface area contributed by atoms with Gasteiger partial charge in [0.2, 0.25) is 0 Å². The van der Waals surface area contributed by atoms with E-state index in [0.717, 1.165) is 5.57 Å². The average Bonchev–Trinajstić information content (AvgIpc) is 2.34. The zero-order chi connectivity index (χ0) is 12.8. The van der Waals surface area contributed by atoms with Gasteiger partial charge in [-0.15, -0.1) is 0 Å². The summed E-state index contributed by atoms with van der Waals surface area (Å²) in [6, 6.07) is 4.87. The number of carbonyl (C=O) groups is 1. The highest BCUT2D eigenvalue weighted by atomic mass is 16.5. The van der Waals surface area contributed by atoms with E-state index in [1.54, 1.807) is 25.1 Å². The number of hydrogen-bond donors (Lipinski definition) is 0. The molecule has 0 unspecified atom stereocenters. The first-order valence-electron chi connectivity index (χ1n) is 5.12. The van der Waals surface area contributed by atoms with Gasteiger partial charge >= 0.3 is 5.97 Å². The lowest BCUT2D eigenvalue weighted by atomic mass is 10.2. The molecule has 17 heavy (non-hydrogen) atoms. The molecule has 4 heteroatoms. The summed E-state index contributed by atoms with van der Waals surface area (Å²) < 4.78 is 15.2. The van der Waals surface area contributed by atoms with Crippen LogP contribution in [0.15, 0.2) is 30.4 Å². The number of benzene rings is 1. The Morgan fingerprint density at radius 3 is 2.41 bits per heavy atom. The molecule has 0 spiro atoms. The minimum atomic E-state index is -0.408.